The van der Waals surface area contributed by atoms with Crippen molar-refractivity contribution in [2.24, 2.45) is 11.1 Å². The Morgan fingerprint density at radius 1 is 1.36 bits per heavy atom. The number of aliphatic hydroxyl groups is 1. The molecule has 3 aliphatic rings. The van der Waals surface area contributed by atoms with Crippen molar-refractivity contribution < 1.29 is 19.4 Å². The van der Waals surface area contributed by atoms with E-state index in [1.807, 2.05) is 13.8 Å². The minimum atomic E-state index is -1.31. The van der Waals surface area contributed by atoms with E-state index in [-0.39, 0.29) is 23.6 Å². The average Bonchev–Trinajstić information content (AvgIpc) is 3.01. The Labute approximate surface area is 197 Å². The third kappa shape index (κ3) is 3.77. The summed E-state index contributed by atoms with van der Waals surface area (Å²) in [4.78, 5) is 27.9. The Balaban J connectivity index is 1.80. The molecule has 4 unspecified atom stereocenters. The lowest BCUT2D eigenvalue weighted by atomic mass is 9.80. The normalized spacial score (nSPS) is 31.4. The van der Waals surface area contributed by atoms with E-state index in [9.17, 15) is 24.2 Å². The summed E-state index contributed by atoms with van der Waals surface area (Å²) in [5, 5.41) is 21.3. The van der Waals surface area contributed by atoms with Crippen LogP contribution in [0.3, 0.4) is 0 Å². The third-order valence-corrected chi connectivity index (χ3v) is 7.94. The van der Waals surface area contributed by atoms with E-state index < -0.39 is 40.2 Å². The first kappa shape index (κ1) is 24.1. The number of aromatic nitrogens is 1. The van der Waals surface area contributed by atoms with Gasteiger partial charge in [0.15, 0.2) is 11.5 Å². The van der Waals surface area contributed by atoms with Crippen molar-refractivity contribution in [2.45, 2.75) is 69.9 Å². The van der Waals surface area contributed by atoms with Crippen molar-refractivity contribution in [3.63, 3.8) is 0 Å². The van der Waals surface area contributed by atoms with E-state index in [4.69, 9.17) is 17.3 Å². The molecule has 1 saturated carbocycles. The zero-order chi connectivity index (χ0) is 24.3. The SMILES string of the molecule is CC(=O)c1c2c(c(O)c(=O)n1C1(N)CCCC1(C)C)C(O)N(CC1=CC(Cl)C(F)C=C1)CC2. The topological polar surface area (TPSA) is 109 Å². The molecule has 1 fully saturated rings. The second kappa shape index (κ2) is 8.34. The number of allylic oxidation sites excluding steroid dienone is 2. The fourth-order valence-electron chi connectivity index (χ4n) is 5.52. The zero-order valence-corrected chi connectivity index (χ0v) is 19.9. The van der Waals surface area contributed by atoms with Crippen LogP contribution in [0.15, 0.2) is 28.6 Å². The molecule has 180 valence electrons. The number of rotatable bonds is 4. The van der Waals surface area contributed by atoms with Gasteiger partial charge in [0.1, 0.15) is 18.1 Å². The van der Waals surface area contributed by atoms with Crippen molar-refractivity contribution in [3.8, 4) is 5.75 Å². The Morgan fingerprint density at radius 2 is 2.06 bits per heavy atom. The first-order valence-electron chi connectivity index (χ1n) is 11.3. The average molecular weight is 480 g/mol. The number of nitrogens with two attached hydrogens (primary N) is 1. The maximum Gasteiger partial charge on any atom is 0.295 e. The highest BCUT2D eigenvalue weighted by atomic mass is 35.5. The maximum absolute atomic E-state index is 13.6. The lowest BCUT2D eigenvalue weighted by Gasteiger charge is -2.43. The molecule has 1 aromatic rings. The number of Topliss-reactive ketones (excluding diaryl/α,β-unsaturated/α-hetero) is 1. The van der Waals surface area contributed by atoms with Gasteiger partial charge in [-0.05, 0) is 42.9 Å². The number of carbonyl (C=O) groups is 1. The molecule has 4 rings (SSSR count). The Hall–Kier alpha value is -2.00. The summed E-state index contributed by atoms with van der Waals surface area (Å²) in [7, 11) is 0. The first-order chi connectivity index (χ1) is 15.4. The van der Waals surface area contributed by atoms with Crippen molar-refractivity contribution >= 4 is 17.4 Å². The van der Waals surface area contributed by atoms with Gasteiger partial charge in [-0.1, -0.05) is 26.0 Å². The third-order valence-electron chi connectivity index (χ3n) is 7.57. The molecule has 33 heavy (non-hydrogen) atoms. The van der Waals surface area contributed by atoms with Crippen molar-refractivity contribution in [1.82, 2.24) is 9.47 Å². The molecule has 7 nitrogen and oxygen atoms in total. The number of hydrogen-bond acceptors (Lipinski definition) is 6. The van der Waals surface area contributed by atoms with E-state index in [2.05, 4.69) is 0 Å². The number of halogens is 2. The molecule has 0 radical (unpaired) electrons. The van der Waals surface area contributed by atoms with Gasteiger partial charge in [0, 0.05) is 31.0 Å². The largest absolute Gasteiger partial charge is 0.503 e. The molecular formula is C24H31ClFN3O4. The second-order valence-corrected chi connectivity index (χ2v) is 10.5. The summed E-state index contributed by atoms with van der Waals surface area (Å²) in [6.07, 6.45) is 4.40. The van der Waals surface area contributed by atoms with Crippen LogP contribution in [0.25, 0.3) is 0 Å². The summed E-state index contributed by atoms with van der Waals surface area (Å²) in [5.74, 6) is -0.930. The van der Waals surface area contributed by atoms with Crippen LogP contribution in [0, 0.1) is 5.41 Å². The zero-order valence-electron chi connectivity index (χ0n) is 19.1. The number of aromatic hydroxyl groups is 1. The van der Waals surface area contributed by atoms with Gasteiger partial charge in [0.25, 0.3) is 5.56 Å². The molecule has 0 saturated heterocycles. The highest BCUT2D eigenvalue weighted by Gasteiger charge is 2.50. The number of carbonyl (C=O) groups excluding carboxylic acids is 1. The number of ketones is 1. The maximum atomic E-state index is 13.6. The van der Waals surface area contributed by atoms with Crippen LogP contribution in [-0.2, 0) is 12.1 Å². The monoisotopic (exact) mass is 479 g/mol. The van der Waals surface area contributed by atoms with Gasteiger partial charge in [-0.15, -0.1) is 11.6 Å². The van der Waals surface area contributed by atoms with E-state index in [0.29, 0.717) is 24.9 Å². The van der Waals surface area contributed by atoms with Crippen LogP contribution in [0.1, 0.15) is 67.9 Å². The summed E-state index contributed by atoms with van der Waals surface area (Å²) >= 11 is 6.00. The van der Waals surface area contributed by atoms with Crippen LogP contribution in [-0.4, -0.2) is 50.1 Å². The quantitative estimate of drug-likeness (QED) is 0.452. The van der Waals surface area contributed by atoms with E-state index in [0.717, 1.165) is 18.4 Å². The van der Waals surface area contributed by atoms with Gasteiger partial charge in [0.2, 0.25) is 0 Å². The summed E-state index contributed by atoms with van der Waals surface area (Å²) in [5.41, 5.74) is 5.78. The predicted molar refractivity (Wildman–Crippen MR) is 124 cm³/mol. The molecule has 0 bridgehead atoms. The molecule has 1 aromatic heterocycles. The van der Waals surface area contributed by atoms with Crippen molar-refractivity contribution in [2.75, 3.05) is 13.1 Å². The molecule has 4 N–H and O–H groups in total. The van der Waals surface area contributed by atoms with Gasteiger partial charge >= 0.3 is 0 Å². The molecule has 0 aromatic carbocycles. The first-order valence-corrected chi connectivity index (χ1v) is 11.7. The minimum absolute atomic E-state index is 0.0401. The van der Waals surface area contributed by atoms with E-state index >= 15 is 0 Å². The van der Waals surface area contributed by atoms with Gasteiger partial charge in [-0.3, -0.25) is 19.1 Å². The highest BCUT2D eigenvalue weighted by Crippen LogP contribution is 2.48. The van der Waals surface area contributed by atoms with Crippen LogP contribution < -0.4 is 11.3 Å². The van der Waals surface area contributed by atoms with Gasteiger partial charge < -0.3 is 15.9 Å². The number of nitrogens with zero attached hydrogens (tertiary/aromatic N) is 2. The number of fused-ring (bicyclic) bond motifs is 1. The number of aliphatic hydroxyl groups excluding tert-OH is 1. The van der Waals surface area contributed by atoms with Crippen molar-refractivity contribution in [3.05, 3.63) is 51.0 Å². The smallest absolute Gasteiger partial charge is 0.295 e. The van der Waals surface area contributed by atoms with Gasteiger partial charge in [-0.2, -0.15) is 0 Å². The molecule has 2 aliphatic carbocycles. The number of pyridine rings is 1. The molecule has 0 spiro atoms. The summed E-state index contributed by atoms with van der Waals surface area (Å²) in [6.45, 7) is 5.91. The number of alkyl halides is 2. The second-order valence-electron chi connectivity index (χ2n) is 10.0. The lowest BCUT2D eigenvalue weighted by molar-refractivity contribution is -0.00254. The molecule has 9 heteroatoms. The Kier molecular flexibility index (Phi) is 6.10. The standard InChI is InChI=1S/C24H31ClFN3O4/c1-13(30)19-15-7-10-28(12-14-5-6-17(26)16(25)11-14)21(32)18(15)20(31)22(33)29(19)24(27)9-4-8-23(24,2)3/h5-6,11,16-17,21,31-32H,4,7-10,12,27H2,1-3H3. The van der Waals surface area contributed by atoms with Gasteiger partial charge in [-0.25, -0.2) is 4.39 Å². The molecular weight excluding hydrogens is 449 g/mol. The van der Waals surface area contributed by atoms with Crippen LogP contribution in [0.2, 0.25) is 0 Å². The summed E-state index contributed by atoms with van der Waals surface area (Å²) in [6, 6.07) is 0. The van der Waals surface area contributed by atoms with Crippen LogP contribution in [0.5, 0.6) is 5.75 Å². The fraction of sp³-hybridized carbons (Fsp3) is 0.583. The molecule has 4 atom stereocenters. The fourth-order valence-corrected chi connectivity index (χ4v) is 5.76. The Morgan fingerprint density at radius 3 is 2.64 bits per heavy atom. The minimum Gasteiger partial charge on any atom is -0.503 e. The molecule has 2 heterocycles. The van der Waals surface area contributed by atoms with E-state index in [1.165, 1.54) is 17.6 Å². The lowest BCUT2D eigenvalue weighted by Crippen LogP contribution is -2.57. The highest BCUT2D eigenvalue weighted by molar-refractivity contribution is 6.22. The Bertz CT molecular complexity index is 1110. The predicted octanol–water partition coefficient (Wildman–Crippen LogP) is 2.87. The van der Waals surface area contributed by atoms with Crippen LogP contribution >= 0.6 is 11.6 Å². The summed E-state index contributed by atoms with van der Waals surface area (Å²) < 4.78 is 14.9. The molecule has 0 amide bonds. The van der Waals surface area contributed by atoms with Crippen molar-refractivity contribution in [1.29, 1.82) is 0 Å². The van der Waals surface area contributed by atoms with Crippen LogP contribution in [0.4, 0.5) is 4.39 Å². The number of hydrogen-bond donors (Lipinski definition) is 3. The molecule has 1 aliphatic heterocycles. The van der Waals surface area contributed by atoms with Gasteiger partial charge in [0.05, 0.1) is 11.1 Å². The van der Waals surface area contributed by atoms with E-state index in [1.54, 1.807) is 17.1 Å².